The Hall–Kier alpha value is -3.61. The average molecular weight is 327 g/mol. The molecule has 0 spiro atoms. The van der Waals surface area contributed by atoms with Crippen LogP contribution in [-0.2, 0) is 4.79 Å². The fourth-order valence-electron chi connectivity index (χ4n) is 1.94. The molecule has 7 heteroatoms. The van der Waals surface area contributed by atoms with Gasteiger partial charge in [0.15, 0.2) is 6.29 Å². The fraction of sp³-hybridized carbons (Fsp3) is 0. The Morgan fingerprint density at radius 2 is 1.79 bits per heavy atom. The molecule has 4 N–H and O–H groups in total. The standard InChI is InChI=1S/C17H13NO6/c19-9-11-7-10(1-5-15(11)21)2-6-16(22)18-14-4-3-12(20)8-13(14)17(23)24/h1-9,20-21H,(H,18,22)(H,23,24)/b6-2+. The first kappa shape index (κ1) is 16.8. The summed E-state index contributed by atoms with van der Waals surface area (Å²) in [6, 6.07) is 7.78. The second kappa shape index (κ2) is 7.10. The normalized spacial score (nSPS) is 10.5. The van der Waals surface area contributed by atoms with Gasteiger partial charge in [-0.2, -0.15) is 0 Å². The Kier molecular flexibility index (Phi) is 4.96. The van der Waals surface area contributed by atoms with E-state index in [1.54, 1.807) is 0 Å². The Morgan fingerprint density at radius 1 is 1.04 bits per heavy atom. The largest absolute Gasteiger partial charge is 0.508 e. The number of phenolic OH excluding ortho intramolecular Hbond substituents is 2. The van der Waals surface area contributed by atoms with E-state index >= 15 is 0 Å². The summed E-state index contributed by atoms with van der Waals surface area (Å²) < 4.78 is 0. The van der Waals surface area contributed by atoms with E-state index in [-0.39, 0.29) is 28.3 Å². The van der Waals surface area contributed by atoms with Gasteiger partial charge in [-0.05, 0) is 42.0 Å². The van der Waals surface area contributed by atoms with Crippen molar-refractivity contribution < 1.29 is 29.7 Å². The van der Waals surface area contributed by atoms with Crippen LogP contribution in [0.4, 0.5) is 5.69 Å². The Morgan fingerprint density at radius 3 is 2.46 bits per heavy atom. The van der Waals surface area contributed by atoms with E-state index in [9.17, 15) is 24.6 Å². The second-order valence-electron chi connectivity index (χ2n) is 4.79. The number of carboxylic acid groups (broad SMARTS) is 1. The Labute approximate surface area is 136 Å². The minimum absolute atomic E-state index is 0.0363. The molecule has 0 aliphatic rings. The van der Waals surface area contributed by atoms with Crippen LogP contribution in [0.2, 0.25) is 0 Å². The van der Waals surface area contributed by atoms with Crippen molar-refractivity contribution >= 4 is 29.9 Å². The molecule has 24 heavy (non-hydrogen) atoms. The van der Waals surface area contributed by atoms with Crippen LogP contribution in [0.5, 0.6) is 11.5 Å². The maximum Gasteiger partial charge on any atom is 0.337 e. The van der Waals surface area contributed by atoms with E-state index in [0.717, 1.165) is 12.1 Å². The topological polar surface area (TPSA) is 124 Å². The van der Waals surface area contributed by atoms with Crippen molar-refractivity contribution in [1.29, 1.82) is 0 Å². The first-order chi connectivity index (χ1) is 11.4. The van der Waals surface area contributed by atoms with Crippen molar-refractivity contribution in [2.75, 3.05) is 5.32 Å². The zero-order valence-corrected chi connectivity index (χ0v) is 12.3. The third kappa shape index (κ3) is 3.98. The van der Waals surface area contributed by atoms with Crippen molar-refractivity contribution in [1.82, 2.24) is 0 Å². The Bertz CT molecular complexity index is 841. The van der Waals surface area contributed by atoms with E-state index in [0.29, 0.717) is 11.8 Å². The summed E-state index contributed by atoms with van der Waals surface area (Å²) in [7, 11) is 0. The van der Waals surface area contributed by atoms with Gasteiger partial charge in [0.2, 0.25) is 5.91 Å². The lowest BCUT2D eigenvalue weighted by Gasteiger charge is -2.07. The number of carbonyl (C=O) groups is 3. The number of aldehydes is 1. The SMILES string of the molecule is O=Cc1cc(/C=C/C(=O)Nc2ccc(O)cc2C(=O)O)ccc1O. The van der Waals surface area contributed by atoms with E-state index in [2.05, 4.69) is 5.32 Å². The quantitative estimate of drug-likeness (QED) is 0.379. The monoisotopic (exact) mass is 327 g/mol. The molecule has 2 aromatic rings. The molecule has 2 rings (SSSR count). The summed E-state index contributed by atoms with van der Waals surface area (Å²) in [6.45, 7) is 0. The van der Waals surface area contributed by atoms with Crippen molar-refractivity contribution in [3.05, 3.63) is 59.2 Å². The molecule has 0 heterocycles. The van der Waals surface area contributed by atoms with Gasteiger partial charge in [0.05, 0.1) is 16.8 Å². The number of carbonyl (C=O) groups excluding carboxylic acids is 2. The number of phenols is 2. The summed E-state index contributed by atoms with van der Waals surface area (Å²) in [5.74, 6) is -2.28. The van der Waals surface area contributed by atoms with Gasteiger partial charge >= 0.3 is 5.97 Å². The van der Waals surface area contributed by atoms with Crippen LogP contribution in [0.25, 0.3) is 6.08 Å². The third-order valence-corrected chi connectivity index (χ3v) is 3.10. The molecule has 0 radical (unpaired) electrons. The number of hydrogen-bond acceptors (Lipinski definition) is 5. The molecule has 0 atom stereocenters. The van der Waals surface area contributed by atoms with Crippen molar-refractivity contribution in [3.8, 4) is 11.5 Å². The van der Waals surface area contributed by atoms with Gasteiger partial charge in [0.25, 0.3) is 0 Å². The third-order valence-electron chi connectivity index (χ3n) is 3.10. The van der Waals surface area contributed by atoms with Gasteiger partial charge in [-0.3, -0.25) is 9.59 Å². The van der Waals surface area contributed by atoms with E-state index < -0.39 is 11.9 Å². The molecule has 0 aromatic heterocycles. The zero-order chi connectivity index (χ0) is 17.7. The number of nitrogens with one attached hydrogen (secondary N) is 1. The van der Waals surface area contributed by atoms with Crippen LogP contribution >= 0.6 is 0 Å². The van der Waals surface area contributed by atoms with E-state index in [1.165, 1.54) is 36.4 Å². The molecule has 0 bridgehead atoms. The summed E-state index contributed by atoms with van der Waals surface area (Å²) in [6.07, 6.45) is 3.05. The minimum Gasteiger partial charge on any atom is -0.508 e. The molecule has 0 aliphatic heterocycles. The van der Waals surface area contributed by atoms with Crippen molar-refractivity contribution in [2.24, 2.45) is 0 Å². The number of carboxylic acids is 1. The molecule has 0 fully saturated rings. The lowest BCUT2D eigenvalue weighted by molar-refractivity contribution is -0.111. The van der Waals surface area contributed by atoms with E-state index in [1.807, 2.05) is 0 Å². The number of anilines is 1. The minimum atomic E-state index is -1.29. The summed E-state index contributed by atoms with van der Waals surface area (Å²) in [5.41, 5.74) is 0.386. The van der Waals surface area contributed by atoms with Crippen LogP contribution in [0.1, 0.15) is 26.3 Å². The summed E-state index contributed by atoms with van der Waals surface area (Å²) >= 11 is 0. The lowest BCUT2D eigenvalue weighted by Crippen LogP contribution is -2.11. The summed E-state index contributed by atoms with van der Waals surface area (Å²) in [5, 5.41) is 30.2. The molecule has 7 nitrogen and oxygen atoms in total. The molecule has 0 unspecified atom stereocenters. The Balaban J connectivity index is 2.17. The maximum absolute atomic E-state index is 11.9. The molecule has 0 saturated carbocycles. The smallest absolute Gasteiger partial charge is 0.337 e. The highest BCUT2D eigenvalue weighted by Crippen LogP contribution is 2.21. The second-order valence-corrected chi connectivity index (χ2v) is 4.79. The van der Waals surface area contributed by atoms with Gasteiger partial charge < -0.3 is 20.6 Å². The van der Waals surface area contributed by atoms with Gasteiger partial charge in [0.1, 0.15) is 11.5 Å². The molecule has 0 aliphatic carbocycles. The first-order valence-electron chi connectivity index (χ1n) is 6.74. The van der Waals surface area contributed by atoms with Crippen LogP contribution in [0.3, 0.4) is 0 Å². The molecule has 1 amide bonds. The molecular weight excluding hydrogens is 314 g/mol. The average Bonchev–Trinajstić information content (AvgIpc) is 2.55. The maximum atomic E-state index is 11.9. The van der Waals surface area contributed by atoms with Gasteiger partial charge in [-0.15, -0.1) is 0 Å². The molecular formula is C17H13NO6. The number of benzene rings is 2. The van der Waals surface area contributed by atoms with Crippen LogP contribution in [0.15, 0.2) is 42.5 Å². The number of hydrogen-bond donors (Lipinski definition) is 4. The molecule has 2 aromatic carbocycles. The number of rotatable bonds is 5. The van der Waals surface area contributed by atoms with Gasteiger partial charge in [0, 0.05) is 6.08 Å². The van der Waals surface area contributed by atoms with Crippen molar-refractivity contribution in [2.45, 2.75) is 0 Å². The summed E-state index contributed by atoms with van der Waals surface area (Å²) in [4.78, 5) is 33.7. The predicted molar refractivity (Wildman–Crippen MR) is 86.2 cm³/mol. The lowest BCUT2D eigenvalue weighted by atomic mass is 10.1. The zero-order valence-electron chi connectivity index (χ0n) is 12.3. The molecule has 0 saturated heterocycles. The van der Waals surface area contributed by atoms with Crippen LogP contribution < -0.4 is 5.32 Å². The highest BCUT2D eigenvalue weighted by Gasteiger charge is 2.12. The highest BCUT2D eigenvalue weighted by molar-refractivity contribution is 6.06. The predicted octanol–water partition coefficient (Wildman–Crippen LogP) is 2.26. The number of amides is 1. The number of aromatic carboxylic acids is 1. The highest BCUT2D eigenvalue weighted by atomic mass is 16.4. The van der Waals surface area contributed by atoms with Gasteiger partial charge in [-0.1, -0.05) is 6.07 Å². The van der Waals surface area contributed by atoms with Crippen LogP contribution in [0, 0.1) is 0 Å². The number of aromatic hydroxyl groups is 2. The molecule has 122 valence electrons. The van der Waals surface area contributed by atoms with Crippen LogP contribution in [-0.4, -0.2) is 33.5 Å². The fourth-order valence-corrected chi connectivity index (χ4v) is 1.94. The van der Waals surface area contributed by atoms with Gasteiger partial charge in [-0.25, -0.2) is 4.79 Å². The van der Waals surface area contributed by atoms with Crippen molar-refractivity contribution in [3.63, 3.8) is 0 Å². The first-order valence-corrected chi connectivity index (χ1v) is 6.74. The van der Waals surface area contributed by atoms with E-state index in [4.69, 9.17) is 5.11 Å².